The second-order valence-corrected chi connectivity index (χ2v) is 6.89. The van der Waals surface area contributed by atoms with Crippen LogP contribution in [-0.2, 0) is 4.79 Å². The summed E-state index contributed by atoms with van der Waals surface area (Å²) in [6.07, 6.45) is 0.455. The molecule has 0 aliphatic carbocycles. The van der Waals surface area contributed by atoms with Crippen molar-refractivity contribution in [2.75, 3.05) is 39.3 Å². The summed E-state index contributed by atoms with van der Waals surface area (Å²) in [4.78, 5) is 14.7. The first-order valence-electron chi connectivity index (χ1n) is 9.75. The van der Waals surface area contributed by atoms with Gasteiger partial charge in [0.25, 0.3) is 5.91 Å². The van der Waals surface area contributed by atoms with Crippen molar-refractivity contribution >= 4 is 18.3 Å². The molecule has 28 heavy (non-hydrogen) atoms. The van der Waals surface area contributed by atoms with Crippen LogP contribution in [0.15, 0.2) is 54.6 Å². The highest BCUT2D eigenvalue weighted by Crippen LogP contribution is 2.22. The van der Waals surface area contributed by atoms with Crippen molar-refractivity contribution in [2.24, 2.45) is 0 Å². The smallest absolute Gasteiger partial charge is 0.260 e. The number of ether oxygens (including phenoxy) is 1. The third kappa shape index (κ3) is 6.82. The molecule has 1 fully saturated rings. The molecule has 3 rings (SSSR count). The molecule has 1 saturated heterocycles. The number of halogens is 1. The van der Waals surface area contributed by atoms with Gasteiger partial charge in [-0.25, -0.2) is 0 Å². The highest BCUT2D eigenvalue weighted by Gasteiger charge is 2.14. The third-order valence-corrected chi connectivity index (χ3v) is 4.80. The van der Waals surface area contributed by atoms with E-state index in [0.717, 1.165) is 44.7 Å². The Kier molecular flexibility index (Phi) is 9.28. The maximum atomic E-state index is 12.2. The van der Waals surface area contributed by atoms with Gasteiger partial charge in [-0.3, -0.25) is 4.79 Å². The quantitative estimate of drug-likeness (QED) is 0.665. The fourth-order valence-corrected chi connectivity index (χ4v) is 3.21. The lowest BCUT2D eigenvalue weighted by molar-refractivity contribution is -0.127. The van der Waals surface area contributed by atoms with E-state index in [-0.39, 0.29) is 18.3 Å². The molecule has 0 bridgehead atoms. The number of hydrogen-bond donors (Lipinski definition) is 2. The molecule has 0 aromatic heterocycles. The number of nitrogens with one attached hydrogen (secondary N) is 2. The lowest BCUT2D eigenvalue weighted by Crippen LogP contribution is -2.44. The number of benzene rings is 2. The summed E-state index contributed by atoms with van der Waals surface area (Å²) < 4.78 is 5.78. The van der Waals surface area contributed by atoms with Crippen molar-refractivity contribution in [3.63, 3.8) is 0 Å². The van der Waals surface area contributed by atoms with Gasteiger partial charge < -0.3 is 20.3 Å². The van der Waals surface area contributed by atoms with Gasteiger partial charge in [0.1, 0.15) is 5.75 Å². The summed E-state index contributed by atoms with van der Waals surface area (Å²) in [5.74, 6) is 0.639. The van der Waals surface area contributed by atoms with Crippen molar-refractivity contribution in [1.82, 2.24) is 15.5 Å². The molecular formula is C22H30ClN3O2. The molecule has 0 radical (unpaired) electrons. The van der Waals surface area contributed by atoms with Crippen LogP contribution in [-0.4, -0.2) is 56.2 Å². The van der Waals surface area contributed by atoms with Crippen LogP contribution in [0.3, 0.4) is 0 Å². The minimum absolute atomic E-state index is 0. The Morgan fingerprint density at radius 1 is 1.07 bits per heavy atom. The van der Waals surface area contributed by atoms with Crippen LogP contribution in [0.4, 0.5) is 0 Å². The first-order chi connectivity index (χ1) is 13.2. The highest BCUT2D eigenvalue weighted by atomic mass is 35.5. The largest absolute Gasteiger partial charge is 0.481 e. The van der Waals surface area contributed by atoms with Crippen LogP contribution in [0.25, 0.3) is 11.1 Å². The van der Waals surface area contributed by atoms with E-state index in [1.54, 1.807) is 6.92 Å². The van der Waals surface area contributed by atoms with Gasteiger partial charge in [0.15, 0.2) is 6.10 Å². The van der Waals surface area contributed by atoms with Crippen LogP contribution in [0, 0.1) is 0 Å². The van der Waals surface area contributed by atoms with Crippen LogP contribution in [0.2, 0.25) is 0 Å². The average Bonchev–Trinajstić information content (AvgIpc) is 2.73. The molecule has 0 spiro atoms. The molecule has 1 aliphatic rings. The molecule has 1 unspecified atom stereocenters. The van der Waals surface area contributed by atoms with Gasteiger partial charge in [-0.1, -0.05) is 42.5 Å². The molecule has 1 amide bonds. The molecule has 152 valence electrons. The number of rotatable bonds is 8. The second-order valence-electron chi connectivity index (χ2n) is 6.89. The van der Waals surface area contributed by atoms with Crippen LogP contribution in [0.1, 0.15) is 13.3 Å². The number of amides is 1. The first kappa shape index (κ1) is 22.2. The molecule has 1 atom stereocenters. The first-order valence-corrected chi connectivity index (χ1v) is 9.75. The fraction of sp³-hybridized carbons (Fsp3) is 0.409. The molecule has 0 saturated carbocycles. The van der Waals surface area contributed by atoms with E-state index in [4.69, 9.17) is 4.74 Å². The standard InChI is InChI=1S/C22H29N3O2.ClH/c1-18(22(26)24-12-5-15-25-16-13-23-14-17-25)27-21-10-8-20(9-11-21)19-6-3-2-4-7-19;/h2-4,6-11,18,23H,5,12-17H2,1H3,(H,24,26);1H. The number of nitrogens with zero attached hydrogens (tertiary/aromatic N) is 1. The maximum Gasteiger partial charge on any atom is 0.260 e. The highest BCUT2D eigenvalue weighted by molar-refractivity contribution is 5.85. The predicted octanol–water partition coefficient (Wildman–Crippen LogP) is 2.95. The Morgan fingerprint density at radius 3 is 2.39 bits per heavy atom. The van der Waals surface area contributed by atoms with Crippen molar-refractivity contribution in [1.29, 1.82) is 0 Å². The second kappa shape index (κ2) is 11.7. The number of piperazine rings is 1. The van der Waals surface area contributed by atoms with Gasteiger partial charge in [-0.15, -0.1) is 12.4 Å². The van der Waals surface area contributed by atoms with Crippen LogP contribution in [0.5, 0.6) is 5.75 Å². The van der Waals surface area contributed by atoms with Crippen molar-refractivity contribution in [2.45, 2.75) is 19.4 Å². The van der Waals surface area contributed by atoms with E-state index in [1.807, 2.05) is 42.5 Å². The summed E-state index contributed by atoms with van der Waals surface area (Å²) in [5.41, 5.74) is 2.30. The summed E-state index contributed by atoms with van der Waals surface area (Å²) in [5, 5.41) is 6.32. The normalized spacial score (nSPS) is 15.3. The van der Waals surface area contributed by atoms with E-state index in [1.165, 1.54) is 5.56 Å². The molecule has 1 aliphatic heterocycles. The van der Waals surface area contributed by atoms with Gasteiger partial charge in [0.2, 0.25) is 0 Å². The van der Waals surface area contributed by atoms with Gasteiger partial charge in [-0.2, -0.15) is 0 Å². The number of hydrogen-bond acceptors (Lipinski definition) is 4. The topological polar surface area (TPSA) is 53.6 Å². The van der Waals surface area contributed by atoms with Gasteiger partial charge in [-0.05, 0) is 43.1 Å². The lowest BCUT2D eigenvalue weighted by atomic mass is 10.1. The van der Waals surface area contributed by atoms with Crippen LogP contribution < -0.4 is 15.4 Å². The fourth-order valence-electron chi connectivity index (χ4n) is 3.21. The van der Waals surface area contributed by atoms with Crippen molar-refractivity contribution in [3.05, 3.63) is 54.6 Å². The zero-order chi connectivity index (χ0) is 18.9. The third-order valence-electron chi connectivity index (χ3n) is 4.80. The Morgan fingerprint density at radius 2 is 1.71 bits per heavy atom. The van der Waals surface area contributed by atoms with Crippen molar-refractivity contribution in [3.8, 4) is 16.9 Å². The monoisotopic (exact) mass is 403 g/mol. The van der Waals surface area contributed by atoms with E-state index in [9.17, 15) is 4.79 Å². The zero-order valence-electron chi connectivity index (χ0n) is 16.4. The van der Waals surface area contributed by atoms with E-state index in [0.29, 0.717) is 12.3 Å². The Balaban J connectivity index is 0.00000280. The molecule has 2 aromatic rings. The molecule has 6 heteroatoms. The molecule has 5 nitrogen and oxygen atoms in total. The van der Waals surface area contributed by atoms with Gasteiger partial charge in [0.05, 0.1) is 0 Å². The minimum Gasteiger partial charge on any atom is -0.481 e. The summed E-state index contributed by atoms with van der Waals surface area (Å²) in [6.45, 7) is 7.79. The predicted molar refractivity (Wildman–Crippen MR) is 116 cm³/mol. The summed E-state index contributed by atoms with van der Waals surface area (Å²) in [6, 6.07) is 18.1. The van der Waals surface area contributed by atoms with Gasteiger partial charge >= 0.3 is 0 Å². The van der Waals surface area contributed by atoms with E-state index < -0.39 is 6.10 Å². The summed E-state index contributed by atoms with van der Waals surface area (Å²) >= 11 is 0. The summed E-state index contributed by atoms with van der Waals surface area (Å²) in [7, 11) is 0. The Hall–Kier alpha value is -2.08. The molecule has 2 aromatic carbocycles. The van der Waals surface area contributed by atoms with E-state index in [2.05, 4.69) is 27.7 Å². The molecule has 2 N–H and O–H groups in total. The number of carbonyl (C=O) groups is 1. The Labute approximate surface area is 173 Å². The zero-order valence-corrected chi connectivity index (χ0v) is 17.2. The lowest BCUT2D eigenvalue weighted by Gasteiger charge is -2.27. The molecule has 1 heterocycles. The molecular weight excluding hydrogens is 374 g/mol. The van der Waals surface area contributed by atoms with Gasteiger partial charge in [0, 0.05) is 32.7 Å². The SMILES string of the molecule is CC(Oc1ccc(-c2ccccc2)cc1)C(=O)NCCCN1CCNCC1.Cl. The van der Waals surface area contributed by atoms with Crippen molar-refractivity contribution < 1.29 is 9.53 Å². The number of carbonyl (C=O) groups excluding carboxylic acids is 1. The van der Waals surface area contributed by atoms with E-state index >= 15 is 0 Å². The average molecular weight is 404 g/mol. The maximum absolute atomic E-state index is 12.2. The Bertz CT molecular complexity index is 703. The van der Waals surface area contributed by atoms with Crippen LogP contribution >= 0.6 is 12.4 Å². The minimum atomic E-state index is -0.508.